The molecule has 9 nitrogen and oxygen atoms in total. The van der Waals surface area contributed by atoms with Gasteiger partial charge in [-0.3, -0.25) is 9.59 Å². The summed E-state index contributed by atoms with van der Waals surface area (Å²) in [5.41, 5.74) is 1.44. The van der Waals surface area contributed by atoms with Gasteiger partial charge in [-0.2, -0.15) is 0 Å². The third kappa shape index (κ3) is 6.52. The second-order valence-corrected chi connectivity index (χ2v) is 10.4. The van der Waals surface area contributed by atoms with Crippen LogP contribution in [-0.4, -0.2) is 51.1 Å². The highest BCUT2D eigenvalue weighted by molar-refractivity contribution is 9.10. The summed E-state index contributed by atoms with van der Waals surface area (Å²) >= 11 is 3.26. The summed E-state index contributed by atoms with van der Waals surface area (Å²) in [4.78, 5) is 42.3. The van der Waals surface area contributed by atoms with E-state index < -0.39 is 27.8 Å². The number of aromatic nitrogens is 1. The second kappa shape index (κ2) is 11.2. The lowest BCUT2D eigenvalue weighted by Crippen LogP contribution is -2.43. The normalized spacial score (nSPS) is 11.9. The van der Waals surface area contributed by atoms with E-state index in [1.165, 1.54) is 12.3 Å². The summed E-state index contributed by atoms with van der Waals surface area (Å²) in [5, 5.41) is 2.58. The summed E-state index contributed by atoms with van der Waals surface area (Å²) < 4.78 is 29.8. The number of nitrogens with zero attached hydrogens (tertiary/aromatic N) is 2. The highest BCUT2D eigenvalue weighted by atomic mass is 79.9. The van der Waals surface area contributed by atoms with Crippen molar-refractivity contribution >= 4 is 55.6 Å². The maximum atomic E-state index is 12.6. The lowest BCUT2D eigenvalue weighted by Gasteiger charge is -2.26. The Morgan fingerprint density at radius 1 is 1.11 bits per heavy atom. The van der Waals surface area contributed by atoms with E-state index >= 15 is 0 Å². The number of halogens is 1. The van der Waals surface area contributed by atoms with Crippen molar-refractivity contribution < 1.29 is 27.5 Å². The number of hydrogen-bond donors (Lipinski definition) is 1. The molecule has 2 aromatic carbocycles. The van der Waals surface area contributed by atoms with E-state index in [0.29, 0.717) is 23.2 Å². The van der Waals surface area contributed by atoms with E-state index in [1.807, 2.05) is 0 Å². The number of benzene rings is 2. The van der Waals surface area contributed by atoms with E-state index in [0.717, 1.165) is 22.7 Å². The monoisotopic (exact) mass is 559 g/mol. The predicted octanol–water partition coefficient (Wildman–Crippen LogP) is 3.45. The van der Waals surface area contributed by atoms with Gasteiger partial charge in [0.2, 0.25) is 12.3 Å². The molecule has 11 heteroatoms. The van der Waals surface area contributed by atoms with Crippen molar-refractivity contribution in [3.63, 3.8) is 0 Å². The zero-order valence-corrected chi connectivity index (χ0v) is 21.2. The van der Waals surface area contributed by atoms with Gasteiger partial charge >= 0.3 is 5.97 Å². The Morgan fingerprint density at radius 2 is 1.80 bits per heavy atom. The summed E-state index contributed by atoms with van der Waals surface area (Å²) in [6, 6.07) is 15.0. The summed E-state index contributed by atoms with van der Waals surface area (Å²) in [7, 11) is -2.30. The maximum Gasteiger partial charge on any atom is 0.329 e. The first kappa shape index (κ1) is 26.0. The smallest absolute Gasteiger partial charge is 0.329 e. The molecule has 1 heterocycles. The van der Waals surface area contributed by atoms with Gasteiger partial charge in [-0.25, -0.2) is 18.2 Å². The second-order valence-electron chi connectivity index (χ2n) is 7.48. The Labute approximate surface area is 211 Å². The van der Waals surface area contributed by atoms with Crippen molar-refractivity contribution in [2.45, 2.75) is 17.4 Å². The average Bonchev–Trinajstić information content (AvgIpc) is 2.84. The standard InChI is InChI=1S/C24H22BrN3O6S/c1-34-24(31)20(13-23(30)27-22-12-9-17(25)14-26-22)28(15-29)18-10-7-16(8-11-18)19-5-3-4-6-21(19)35(2,32)33/h3-12,14-15,20H,13H2,1-2H3,(H,26,27,30). The molecule has 0 aliphatic carbocycles. The highest BCUT2D eigenvalue weighted by Gasteiger charge is 2.30. The van der Waals surface area contributed by atoms with Crippen LogP contribution in [0.15, 0.2) is 76.2 Å². The van der Waals surface area contributed by atoms with Crippen molar-refractivity contribution in [3.05, 3.63) is 71.3 Å². The van der Waals surface area contributed by atoms with Crippen LogP contribution in [0.3, 0.4) is 0 Å². The zero-order chi connectivity index (χ0) is 25.6. The minimum absolute atomic E-state index is 0.172. The van der Waals surface area contributed by atoms with E-state index in [-0.39, 0.29) is 17.1 Å². The number of carbonyl (C=O) groups excluding carboxylic acids is 3. The van der Waals surface area contributed by atoms with Gasteiger partial charge in [0.15, 0.2) is 9.84 Å². The Morgan fingerprint density at radius 3 is 2.37 bits per heavy atom. The SMILES string of the molecule is COC(=O)C(CC(=O)Nc1ccc(Br)cn1)N(C=O)c1ccc(-c2ccccc2S(C)(=O)=O)cc1. The third-order valence-corrected chi connectivity index (χ3v) is 6.68. The highest BCUT2D eigenvalue weighted by Crippen LogP contribution is 2.29. The van der Waals surface area contributed by atoms with Gasteiger partial charge in [0.1, 0.15) is 11.9 Å². The van der Waals surface area contributed by atoms with Crippen LogP contribution >= 0.6 is 15.9 Å². The molecule has 0 aliphatic heterocycles. The fraction of sp³-hybridized carbons (Fsp3) is 0.167. The minimum atomic E-state index is -3.46. The average molecular weight is 560 g/mol. The van der Waals surface area contributed by atoms with Crippen molar-refractivity contribution in [1.29, 1.82) is 0 Å². The quantitative estimate of drug-likeness (QED) is 0.314. The summed E-state index contributed by atoms with van der Waals surface area (Å²) in [6.07, 6.45) is 2.70. The van der Waals surface area contributed by atoms with Crippen molar-refractivity contribution in [3.8, 4) is 11.1 Å². The van der Waals surface area contributed by atoms with Crippen LogP contribution in [0.1, 0.15) is 6.42 Å². The lowest BCUT2D eigenvalue weighted by atomic mass is 10.0. The fourth-order valence-electron chi connectivity index (χ4n) is 3.41. The van der Waals surface area contributed by atoms with Gasteiger partial charge in [-0.15, -0.1) is 0 Å². The molecule has 2 amide bonds. The van der Waals surface area contributed by atoms with Crippen LogP contribution in [0.25, 0.3) is 11.1 Å². The minimum Gasteiger partial charge on any atom is -0.467 e. The van der Waals surface area contributed by atoms with Gasteiger partial charge in [0.05, 0.1) is 18.4 Å². The van der Waals surface area contributed by atoms with E-state index in [4.69, 9.17) is 4.74 Å². The molecule has 3 aromatic rings. The number of nitrogens with one attached hydrogen (secondary N) is 1. The lowest BCUT2D eigenvalue weighted by molar-refractivity contribution is -0.144. The molecular weight excluding hydrogens is 538 g/mol. The Kier molecular flexibility index (Phi) is 8.36. The van der Waals surface area contributed by atoms with Crippen molar-refractivity contribution in [1.82, 2.24) is 4.98 Å². The van der Waals surface area contributed by atoms with Crippen molar-refractivity contribution in [2.24, 2.45) is 0 Å². The molecule has 0 saturated heterocycles. The number of ether oxygens (including phenoxy) is 1. The van der Waals surface area contributed by atoms with Crippen LogP contribution in [0, 0.1) is 0 Å². The maximum absolute atomic E-state index is 12.6. The number of anilines is 2. The number of hydrogen-bond acceptors (Lipinski definition) is 7. The first-order valence-electron chi connectivity index (χ1n) is 10.3. The Bertz CT molecular complexity index is 1330. The van der Waals surface area contributed by atoms with Gasteiger partial charge < -0.3 is 15.0 Å². The zero-order valence-electron chi connectivity index (χ0n) is 18.8. The Balaban J connectivity index is 1.86. The van der Waals surface area contributed by atoms with Crippen LogP contribution in [0.2, 0.25) is 0 Å². The van der Waals surface area contributed by atoms with Crippen LogP contribution in [-0.2, 0) is 29.0 Å². The molecule has 0 saturated carbocycles. The molecule has 0 radical (unpaired) electrons. The third-order valence-electron chi connectivity index (χ3n) is 5.06. The molecular formula is C24H22BrN3O6S. The van der Waals surface area contributed by atoms with E-state index in [1.54, 1.807) is 54.6 Å². The Hall–Kier alpha value is -3.57. The number of carbonyl (C=O) groups is 3. The first-order chi connectivity index (χ1) is 16.6. The van der Waals surface area contributed by atoms with Gasteiger partial charge in [0, 0.05) is 28.2 Å². The van der Waals surface area contributed by atoms with Crippen LogP contribution < -0.4 is 10.2 Å². The molecule has 0 spiro atoms. The molecule has 1 N–H and O–H groups in total. The molecule has 1 aromatic heterocycles. The van der Waals surface area contributed by atoms with Gasteiger partial charge in [-0.1, -0.05) is 30.3 Å². The van der Waals surface area contributed by atoms with Crippen LogP contribution in [0.4, 0.5) is 11.5 Å². The number of amides is 2. The number of pyridine rings is 1. The molecule has 182 valence electrons. The topological polar surface area (TPSA) is 123 Å². The molecule has 0 aliphatic rings. The largest absolute Gasteiger partial charge is 0.467 e. The predicted molar refractivity (Wildman–Crippen MR) is 135 cm³/mol. The number of rotatable bonds is 9. The molecule has 0 bridgehead atoms. The van der Waals surface area contributed by atoms with Gasteiger partial charge in [-0.05, 0) is 51.8 Å². The van der Waals surface area contributed by atoms with Crippen molar-refractivity contribution in [2.75, 3.05) is 23.6 Å². The van der Waals surface area contributed by atoms with Crippen LogP contribution in [0.5, 0.6) is 0 Å². The number of sulfone groups is 1. The number of esters is 1. The molecule has 0 fully saturated rings. The van der Waals surface area contributed by atoms with E-state index in [2.05, 4.69) is 26.2 Å². The molecule has 35 heavy (non-hydrogen) atoms. The first-order valence-corrected chi connectivity index (χ1v) is 12.9. The molecule has 1 unspecified atom stereocenters. The summed E-state index contributed by atoms with van der Waals surface area (Å²) in [5.74, 6) is -1.03. The number of methoxy groups -OCH3 is 1. The van der Waals surface area contributed by atoms with Gasteiger partial charge in [0.25, 0.3) is 0 Å². The fourth-order valence-corrected chi connectivity index (χ4v) is 4.55. The molecule has 3 rings (SSSR count). The molecule has 1 atom stereocenters. The van der Waals surface area contributed by atoms with E-state index in [9.17, 15) is 22.8 Å². The summed E-state index contributed by atoms with van der Waals surface area (Å²) in [6.45, 7) is 0.